The van der Waals surface area contributed by atoms with Crippen LogP contribution in [0.1, 0.15) is 12.0 Å². The molecule has 0 saturated heterocycles. The van der Waals surface area contributed by atoms with Crippen molar-refractivity contribution in [1.29, 1.82) is 0 Å². The Kier molecular flexibility index (Phi) is 1.98. The van der Waals surface area contributed by atoms with Gasteiger partial charge in [-0.1, -0.05) is 0 Å². The number of furan rings is 1. The average Bonchev–Trinajstić information content (AvgIpc) is 2.34. The fourth-order valence-electron chi connectivity index (χ4n) is 0.651. The van der Waals surface area contributed by atoms with E-state index in [1.165, 1.54) is 5.56 Å². The Morgan fingerprint density at radius 3 is 3.11 bits per heavy atom. The molecule has 1 aromatic heterocycles. The van der Waals surface area contributed by atoms with Crippen molar-refractivity contribution < 1.29 is 4.42 Å². The van der Waals surface area contributed by atoms with E-state index in [9.17, 15) is 0 Å². The van der Waals surface area contributed by atoms with Crippen molar-refractivity contribution in [2.45, 2.75) is 12.8 Å². The Morgan fingerprint density at radius 1 is 1.67 bits per heavy atom. The highest BCUT2D eigenvalue weighted by Crippen LogP contribution is 2.01. The van der Waals surface area contributed by atoms with Crippen LogP contribution in [0.4, 0.5) is 0 Å². The van der Waals surface area contributed by atoms with Gasteiger partial charge < -0.3 is 4.42 Å². The second-order valence-corrected chi connectivity index (χ2v) is 1.84. The van der Waals surface area contributed by atoms with E-state index < -0.39 is 0 Å². The van der Waals surface area contributed by atoms with Gasteiger partial charge in [0.05, 0.1) is 12.5 Å². The first-order chi connectivity index (χ1) is 4.43. The van der Waals surface area contributed by atoms with Crippen LogP contribution in [-0.2, 0) is 6.42 Å². The third kappa shape index (κ3) is 1.65. The molecule has 1 heterocycles. The van der Waals surface area contributed by atoms with Crippen LogP contribution in [0.25, 0.3) is 0 Å². The molecule has 46 valence electrons. The summed E-state index contributed by atoms with van der Waals surface area (Å²) in [5.41, 5.74) is 1.17. The van der Waals surface area contributed by atoms with E-state index in [-0.39, 0.29) is 0 Å². The van der Waals surface area contributed by atoms with Crippen LogP contribution in [0.15, 0.2) is 23.0 Å². The van der Waals surface area contributed by atoms with Gasteiger partial charge in [-0.3, -0.25) is 0 Å². The van der Waals surface area contributed by atoms with E-state index in [2.05, 4.69) is 5.92 Å². The molecule has 0 saturated carbocycles. The minimum Gasteiger partial charge on any atom is -0.472 e. The maximum atomic E-state index is 5.06. The SMILES string of the molecule is C#CCCc1ccoc1. The minimum atomic E-state index is 0.791. The number of hydrogen-bond acceptors (Lipinski definition) is 1. The minimum absolute atomic E-state index is 0.791. The lowest BCUT2D eigenvalue weighted by Crippen LogP contribution is -1.76. The monoisotopic (exact) mass is 120 g/mol. The average molecular weight is 120 g/mol. The second kappa shape index (κ2) is 2.99. The predicted octanol–water partition coefficient (Wildman–Crippen LogP) is 1.85. The van der Waals surface area contributed by atoms with Crippen LogP contribution in [0, 0.1) is 12.3 Å². The highest BCUT2D eigenvalue weighted by Gasteiger charge is 1.89. The van der Waals surface area contributed by atoms with Crippen LogP contribution < -0.4 is 0 Å². The molecule has 0 spiro atoms. The molecule has 0 aliphatic heterocycles. The van der Waals surface area contributed by atoms with Crippen molar-refractivity contribution in [3.05, 3.63) is 24.2 Å². The Bertz CT molecular complexity index is 191. The van der Waals surface area contributed by atoms with Crippen molar-refractivity contribution in [1.82, 2.24) is 0 Å². The lowest BCUT2D eigenvalue weighted by atomic mass is 10.2. The van der Waals surface area contributed by atoms with Crippen LogP contribution >= 0.6 is 0 Å². The summed E-state index contributed by atoms with van der Waals surface area (Å²) in [6.45, 7) is 0. The number of rotatable bonds is 2. The van der Waals surface area contributed by atoms with E-state index in [1.807, 2.05) is 6.07 Å². The molecule has 0 aromatic carbocycles. The molecule has 0 fully saturated rings. The Balaban J connectivity index is 2.41. The first-order valence-electron chi connectivity index (χ1n) is 2.88. The number of aryl methyl sites for hydroxylation is 1. The standard InChI is InChI=1S/C8H8O/c1-2-3-4-8-5-6-9-7-8/h1,5-7H,3-4H2. The van der Waals surface area contributed by atoms with Gasteiger partial charge in [0, 0.05) is 6.42 Å². The van der Waals surface area contributed by atoms with Crippen LogP contribution in [0.3, 0.4) is 0 Å². The molecule has 1 aromatic rings. The fourth-order valence-corrected chi connectivity index (χ4v) is 0.651. The third-order valence-electron chi connectivity index (χ3n) is 1.14. The summed E-state index contributed by atoms with van der Waals surface area (Å²) < 4.78 is 4.84. The first-order valence-corrected chi connectivity index (χ1v) is 2.88. The van der Waals surface area contributed by atoms with Gasteiger partial charge in [-0.05, 0) is 18.1 Å². The van der Waals surface area contributed by atoms with E-state index in [1.54, 1.807) is 12.5 Å². The molecule has 1 rings (SSSR count). The summed E-state index contributed by atoms with van der Waals surface area (Å²) in [4.78, 5) is 0. The molecule has 0 aliphatic carbocycles. The zero-order valence-electron chi connectivity index (χ0n) is 5.13. The van der Waals surface area contributed by atoms with Gasteiger partial charge in [0.15, 0.2) is 0 Å². The Labute approximate surface area is 54.7 Å². The van der Waals surface area contributed by atoms with Crippen molar-refractivity contribution in [2.75, 3.05) is 0 Å². The molecule has 1 heteroatoms. The molecule has 0 N–H and O–H groups in total. The molecule has 0 amide bonds. The number of hydrogen-bond donors (Lipinski definition) is 0. The zero-order valence-corrected chi connectivity index (χ0v) is 5.13. The summed E-state index contributed by atoms with van der Waals surface area (Å²) in [6.07, 6.45) is 10.2. The Morgan fingerprint density at radius 2 is 2.56 bits per heavy atom. The zero-order chi connectivity index (χ0) is 6.53. The normalized spacial score (nSPS) is 8.78. The molecule has 1 nitrogen and oxygen atoms in total. The summed E-state index contributed by atoms with van der Waals surface area (Å²) >= 11 is 0. The Hall–Kier alpha value is -1.16. The van der Waals surface area contributed by atoms with Gasteiger partial charge in [-0.15, -0.1) is 12.3 Å². The highest BCUT2D eigenvalue weighted by molar-refractivity contribution is 5.07. The van der Waals surface area contributed by atoms with E-state index in [0.717, 1.165) is 12.8 Å². The van der Waals surface area contributed by atoms with Crippen molar-refractivity contribution >= 4 is 0 Å². The summed E-state index contributed by atoms with van der Waals surface area (Å²) in [5.74, 6) is 2.56. The van der Waals surface area contributed by atoms with Gasteiger partial charge in [-0.25, -0.2) is 0 Å². The molecule has 0 bridgehead atoms. The fraction of sp³-hybridized carbons (Fsp3) is 0.250. The van der Waals surface area contributed by atoms with E-state index in [4.69, 9.17) is 10.8 Å². The smallest absolute Gasteiger partial charge is 0.0934 e. The molecule has 0 aliphatic rings. The van der Waals surface area contributed by atoms with Gasteiger partial charge in [-0.2, -0.15) is 0 Å². The van der Waals surface area contributed by atoms with Gasteiger partial charge in [0.2, 0.25) is 0 Å². The lowest BCUT2D eigenvalue weighted by Gasteiger charge is -1.84. The van der Waals surface area contributed by atoms with Crippen LogP contribution in [-0.4, -0.2) is 0 Å². The molecule has 0 unspecified atom stereocenters. The maximum absolute atomic E-state index is 5.06. The van der Waals surface area contributed by atoms with Crippen molar-refractivity contribution in [3.8, 4) is 12.3 Å². The quantitative estimate of drug-likeness (QED) is 0.543. The topological polar surface area (TPSA) is 13.1 Å². The second-order valence-electron chi connectivity index (χ2n) is 1.84. The van der Waals surface area contributed by atoms with Gasteiger partial charge >= 0.3 is 0 Å². The van der Waals surface area contributed by atoms with Gasteiger partial charge in [0.1, 0.15) is 0 Å². The summed E-state index contributed by atoms with van der Waals surface area (Å²) in [5, 5.41) is 0. The van der Waals surface area contributed by atoms with Crippen LogP contribution in [0.2, 0.25) is 0 Å². The predicted molar refractivity (Wildman–Crippen MR) is 35.9 cm³/mol. The lowest BCUT2D eigenvalue weighted by molar-refractivity contribution is 0.564. The molecule has 0 atom stereocenters. The van der Waals surface area contributed by atoms with E-state index in [0.29, 0.717) is 0 Å². The number of terminal acetylenes is 1. The summed E-state index contributed by atoms with van der Waals surface area (Å²) in [7, 11) is 0. The third-order valence-corrected chi connectivity index (χ3v) is 1.14. The van der Waals surface area contributed by atoms with Gasteiger partial charge in [0.25, 0.3) is 0 Å². The molecular weight excluding hydrogens is 112 g/mol. The van der Waals surface area contributed by atoms with Crippen LogP contribution in [0.5, 0.6) is 0 Å². The molecule has 0 radical (unpaired) electrons. The summed E-state index contributed by atoms with van der Waals surface area (Å²) in [6, 6.07) is 1.93. The maximum Gasteiger partial charge on any atom is 0.0934 e. The first kappa shape index (κ1) is 5.97. The highest BCUT2D eigenvalue weighted by atomic mass is 16.3. The molecular formula is C8H8O. The van der Waals surface area contributed by atoms with Crippen molar-refractivity contribution in [3.63, 3.8) is 0 Å². The van der Waals surface area contributed by atoms with E-state index >= 15 is 0 Å². The largest absolute Gasteiger partial charge is 0.472 e. The molecule has 9 heavy (non-hydrogen) atoms. The van der Waals surface area contributed by atoms with Crippen molar-refractivity contribution in [2.24, 2.45) is 0 Å².